The van der Waals surface area contributed by atoms with Crippen molar-refractivity contribution in [2.75, 3.05) is 26.2 Å². The number of ether oxygens (including phenoxy) is 1. The Balaban J connectivity index is 0.00000108. The third-order valence-corrected chi connectivity index (χ3v) is 4.12. The van der Waals surface area contributed by atoms with Gasteiger partial charge >= 0.3 is 0 Å². The third-order valence-electron chi connectivity index (χ3n) is 4.12. The van der Waals surface area contributed by atoms with E-state index in [1.54, 1.807) is 0 Å². The molecule has 3 heterocycles. The summed E-state index contributed by atoms with van der Waals surface area (Å²) >= 11 is 0. The van der Waals surface area contributed by atoms with Crippen LogP contribution in [0.1, 0.15) is 25.7 Å². The number of hydrogen-bond donors (Lipinski definition) is 1. The Morgan fingerprint density at radius 3 is 2.82 bits per heavy atom. The molecule has 5 heteroatoms. The van der Waals surface area contributed by atoms with Gasteiger partial charge in [0, 0.05) is 32.3 Å². The molecule has 0 unspecified atom stereocenters. The van der Waals surface area contributed by atoms with Gasteiger partial charge in [-0.15, -0.1) is 12.4 Å². The van der Waals surface area contributed by atoms with Gasteiger partial charge in [-0.25, -0.2) is 0 Å². The molecule has 0 aromatic heterocycles. The maximum atomic E-state index is 12.2. The van der Waals surface area contributed by atoms with E-state index < -0.39 is 0 Å². The molecule has 17 heavy (non-hydrogen) atoms. The first kappa shape index (κ1) is 13.1. The molecule has 4 nitrogen and oxygen atoms in total. The number of rotatable bonds is 1. The Morgan fingerprint density at radius 1 is 1.29 bits per heavy atom. The lowest BCUT2D eigenvalue weighted by Crippen LogP contribution is -2.50. The summed E-state index contributed by atoms with van der Waals surface area (Å²) in [4.78, 5) is 14.2. The van der Waals surface area contributed by atoms with E-state index in [1.165, 1.54) is 12.8 Å². The molecular formula is C12H21ClN2O2. The van der Waals surface area contributed by atoms with Gasteiger partial charge in [-0.1, -0.05) is 0 Å². The summed E-state index contributed by atoms with van der Waals surface area (Å²) in [5.41, 5.74) is 0. The smallest absolute Gasteiger partial charge is 0.227 e. The van der Waals surface area contributed by atoms with Crippen LogP contribution >= 0.6 is 12.4 Å². The van der Waals surface area contributed by atoms with Crippen LogP contribution in [0.3, 0.4) is 0 Å². The number of fused-ring (bicyclic) bond motifs is 1. The first-order valence-corrected chi connectivity index (χ1v) is 6.48. The molecule has 3 rings (SSSR count). The second-order valence-electron chi connectivity index (χ2n) is 5.18. The highest BCUT2D eigenvalue weighted by Crippen LogP contribution is 2.26. The fourth-order valence-electron chi connectivity index (χ4n) is 3.16. The first-order chi connectivity index (χ1) is 7.84. The number of piperidine rings is 1. The van der Waals surface area contributed by atoms with Crippen molar-refractivity contribution in [1.82, 2.24) is 10.2 Å². The molecule has 1 amide bonds. The van der Waals surface area contributed by atoms with Crippen molar-refractivity contribution in [2.24, 2.45) is 5.92 Å². The van der Waals surface area contributed by atoms with Gasteiger partial charge in [0.15, 0.2) is 0 Å². The minimum Gasteiger partial charge on any atom is -0.377 e. The van der Waals surface area contributed by atoms with E-state index in [0.717, 1.165) is 39.1 Å². The average Bonchev–Trinajstić information content (AvgIpc) is 2.98. The predicted molar refractivity (Wildman–Crippen MR) is 67.3 cm³/mol. The lowest BCUT2D eigenvalue weighted by molar-refractivity contribution is -0.136. The lowest BCUT2D eigenvalue weighted by Gasteiger charge is -2.33. The first-order valence-electron chi connectivity index (χ1n) is 6.48. The van der Waals surface area contributed by atoms with Crippen LogP contribution in [-0.2, 0) is 9.53 Å². The zero-order chi connectivity index (χ0) is 11.0. The molecule has 1 N–H and O–H groups in total. The molecular weight excluding hydrogens is 240 g/mol. The number of nitrogens with one attached hydrogen (secondary N) is 1. The van der Waals surface area contributed by atoms with Crippen LogP contribution in [0.25, 0.3) is 0 Å². The van der Waals surface area contributed by atoms with Crippen LogP contribution < -0.4 is 5.32 Å². The summed E-state index contributed by atoms with van der Waals surface area (Å²) in [6.07, 6.45) is 4.66. The molecule has 0 saturated carbocycles. The Labute approximate surface area is 108 Å². The van der Waals surface area contributed by atoms with Crippen LogP contribution in [-0.4, -0.2) is 49.2 Å². The van der Waals surface area contributed by atoms with Crippen LogP contribution in [0.4, 0.5) is 0 Å². The van der Waals surface area contributed by atoms with E-state index >= 15 is 0 Å². The topological polar surface area (TPSA) is 41.6 Å². The van der Waals surface area contributed by atoms with E-state index in [0.29, 0.717) is 11.9 Å². The fourth-order valence-corrected chi connectivity index (χ4v) is 3.16. The highest BCUT2D eigenvalue weighted by atomic mass is 35.5. The van der Waals surface area contributed by atoms with Crippen LogP contribution in [0, 0.1) is 5.92 Å². The number of carbonyl (C=O) groups excluding carboxylic acids is 1. The highest BCUT2D eigenvalue weighted by Gasteiger charge is 2.38. The molecule has 0 spiro atoms. The summed E-state index contributed by atoms with van der Waals surface area (Å²) in [7, 11) is 0. The lowest BCUT2D eigenvalue weighted by atomic mass is 9.91. The summed E-state index contributed by atoms with van der Waals surface area (Å²) < 4.78 is 5.67. The second kappa shape index (κ2) is 5.55. The van der Waals surface area contributed by atoms with Crippen molar-refractivity contribution in [3.63, 3.8) is 0 Å². The molecule has 3 aliphatic heterocycles. The summed E-state index contributed by atoms with van der Waals surface area (Å²) in [5.74, 6) is 0.497. The number of hydrogen-bond acceptors (Lipinski definition) is 3. The van der Waals surface area contributed by atoms with Crippen molar-refractivity contribution in [3.8, 4) is 0 Å². The Morgan fingerprint density at radius 2 is 2.06 bits per heavy atom. The molecule has 0 aromatic rings. The fraction of sp³-hybridized carbons (Fsp3) is 0.917. The molecule has 0 bridgehead atoms. The zero-order valence-electron chi connectivity index (χ0n) is 10.1. The van der Waals surface area contributed by atoms with Gasteiger partial charge in [0.25, 0.3) is 0 Å². The highest BCUT2D eigenvalue weighted by molar-refractivity contribution is 5.85. The van der Waals surface area contributed by atoms with Crippen LogP contribution in [0.5, 0.6) is 0 Å². The molecule has 3 saturated heterocycles. The normalized spacial score (nSPS) is 36.5. The van der Waals surface area contributed by atoms with Crippen molar-refractivity contribution < 1.29 is 9.53 Å². The molecule has 0 aromatic carbocycles. The SMILES string of the molecule is Cl.O=C([C@@H]1CN[C@@H]2CCO[C@@H]2C1)N1CCCC1. The largest absolute Gasteiger partial charge is 0.377 e. The van der Waals surface area contributed by atoms with E-state index in [1.807, 2.05) is 4.90 Å². The standard InChI is InChI=1S/C12H20N2O2.ClH/c15-12(14-4-1-2-5-14)9-7-11-10(13-8-9)3-6-16-11;/h9-11,13H,1-8H2;1H/t9-,10+,11+;/m0./s1. The van der Waals surface area contributed by atoms with Crippen molar-refractivity contribution >= 4 is 18.3 Å². The van der Waals surface area contributed by atoms with Crippen LogP contribution in [0.15, 0.2) is 0 Å². The van der Waals surface area contributed by atoms with Crippen molar-refractivity contribution in [3.05, 3.63) is 0 Å². The van der Waals surface area contributed by atoms with Gasteiger partial charge in [-0.3, -0.25) is 4.79 Å². The number of halogens is 1. The Bertz CT molecular complexity index is 282. The van der Waals surface area contributed by atoms with E-state index in [-0.39, 0.29) is 24.4 Å². The van der Waals surface area contributed by atoms with E-state index in [4.69, 9.17) is 4.74 Å². The number of likely N-dealkylation sites (tertiary alicyclic amines) is 1. The van der Waals surface area contributed by atoms with Gasteiger partial charge in [0.1, 0.15) is 0 Å². The third kappa shape index (κ3) is 2.59. The Hall–Kier alpha value is -0.320. The van der Waals surface area contributed by atoms with Gasteiger partial charge in [0.2, 0.25) is 5.91 Å². The number of nitrogens with zero attached hydrogens (tertiary/aromatic N) is 1. The van der Waals surface area contributed by atoms with Crippen LogP contribution in [0.2, 0.25) is 0 Å². The molecule has 98 valence electrons. The van der Waals surface area contributed by atoms with E-state index in [9.17, 15) is 4.79 Å². The summed E-state index contributed by atoms with van der Waals surface area (Å²) in [6.45, 7) is 3.63. The van der Waals surface area contributed by atoms with Crippen molar-refractivity contribution in [1.29, 1.82) is 0 Å². The summed E-state index contributed by atoms with van der Waals surface area (Å²) in [6, 6.07) is 0.502. The zero-order valence-corrected chi connectivity index (χ0v) is 10.9. The van der Waals surface area contributed by atoms with Crippen molar-refractivity contribution in [2.45, 2.75) is 37.8 Å². The summed E-state index contributed by atoms with van der Waals surface area (Å²) in [5, 5.41) is 3.46. The second-order valence-corrected chi connectivity index (χ2v) is 5.18. The predicted octanol–water partition coefficient (Wildman–Crippen LogP) is 0.798. The number of carbonyl (C=O) groups is 1. The molecule has 3 fully saturated rings. The maximum Gasteiger partial charge on any atom is 0.227 e. The maximum absolute atomic E-state index is 12.2. The average molecular weight is 261 g/mol. The van der Waals surface area contributed by atoms with Gasteiger partial charge in [-0.05, 0) is 25.7 Å². The molecule has 3 aliphatic rings. The quantitative estimate of drug-likeness (QED) is 0.758. The van der Waals surface area contributed by atoms with Gasteiger partial charge in [0.05, 0.1) is 12.0 Å². The molecule has 0 radical (unpaired) electrons. The van der Waals surface area contributed by atoms with Gasteiger partial charge in [-0.2, -0.15) is 0 Å². The Kier molecular flexibility index (Phi) is 4.28. The minimum atomic E-state index is 0. The van der Waals surface area contributed by atoms with E-state index in [2.05, 4.69) is 5.32 Å². The monoisotopic (exact) mass is 260 g/mol. The minimum absolute atomic E-state index is 0. The molecule has 0 aliphatic carbocycles. The molecule has 3 atom stereocenters. The number of amides is 1. The van der Waals surface area contributed by atoms with Gasteiger partial charge < -0.3 is 15.0 Å².